The molecule has 0 unspecified atom stereocenters. The highest BCUT2D eigenvalue weighted by Gasteiger charge is 2.49. The Morgan fingerprint density at radius 2 is 1.45 bits per heavy atom. The maximum Gasteiger partial charge on any atom is 0.187 e. The van der Waals surface area contributed by atoms with E-state index in [0.29, 0.717) is 0 Å². The van der Waals surface area contributed by atoms with Crippen molar-refractivity contribution in [2.45, 2.75) is 99.7 Å². The first-order chi connectivity index (χ1) is 14.7. The first kappa shape index (κ1) is 25.1. The molecule has 3 saturated heterocycles. The average molecular weight is 456 g/mol. The van der Waals surface area contributed by atoms with Crippen LogP contribution in [-0.4, -0.2) is 134 Å². The lowest BCUT2D eigenvalue weighted by atomic mass is 9.98. The zero-order valence-corrected chi connectivity index (χ0v) is 17.0. The van der Waals surface area contributed by atoms with E-state index < -0.39 is 93.1 Å². The van der Waals surface area contributed by atoms with Crippen LogP contribution in [0.25, 0.3) is 0 Å². The van der Waals surface area contributed by atoms with Crippen molar-refractivity contribution >= 4 is 0 Å². The maximum atomic E-state index is 10.4. The number of ether oxygens (including phenoxy) is 5. The van der Waals surface area contributed by atoms with Gasteiger partial charge in [-0.05, 0) is 6.92 Å². The first-order valence-electron chi connectivity index (χ1n) is 10.2. The SMILES string of the molecule is C[C@H]1O[C@H](O[C@H]2C[C@@H](CO)O[C@H](O)[C@H]2O[C@@H]2O[C@H](CO)[C@H](O)[C@H](O)[C@H]2O)[C@H](O)C[C@H]1O. The fraction of sp³-hybridized carbons (Fsp3) is 1.00. The number of aliphatic hydroxyl groups excluding tert-OH is 8. The summed E-state index contributed by atoms with van der Waals surface area (Å²) in [5, 5.41) is 79.3. The van der Waals surface area contributed by atoms with E-state index in [1.165, 1.54) is 0 Å². The Kier molecular flexibility index (Phi) is 8.59. The Labute approximate surface area is 178 Å². The van der Waals surface area contributed by atoms with Gasteiger partial charge in [-0.25, -0.2) is 0 Å². The second kappa shape index (κ2) is 10.6. The Hall–Kier alpha value is -0.520. The summed E-state index contributed by atoms with van der Waals surface area (Å²) in [4.78, 5) is 0. The van der Waals surface area contributed by atoms with Gasteiger partial charge in [-0.1, -0.05) is 0 Å². The van der Waals surface area contributed by atoms with Crippen molar-refractivity contribution in [2.75, 3.05) is 13.2 Å². The molecule has 0 aromatic rings. The zero-order valence-electron chi connectivity index (χ0n) is 17.0. The second-order valence-electron chi connectivity index (χ2n) is 8.12. The van der Waals surface area contributed by atoms with Gasteiger partial charge in [0.1, 0.15) is 36.6 Å². The number of aliphatic hydroxyl groups is 8. The normalized spacial score (nSPS) is 51.6. The summed E-state index contributed by atoms with van der Waals surface area (Å²) in [5.74, 6) is 0. The predicted octanol–water partition coefficient (Wildman–Crippen LogP) is -4.49. The maximum absolute atomic E-state index is 10.4. The van der Waals surface area contributed by atoms with Crippen LogP contribution in [0.5, 0.6) is 0 Å². The molecular weight excluding hydrogens is 424 g/mol. The predicted molar refractivity (Wildman–Crippen MR) is 97.1 cm³/mol. The minimum atomic E-state index is -1.71. The van der Waals surface area contributed by atoms with E-state index in [4.69, 9.17) is 23.7 Å². The van der Waals surface area contributed by atoms with Crippen molar-refractivity contribution in [1.29, 1.82) is 0 Å². The molecule has 0 amide bonds. The van der Waals surface area contributed by atoms with Gasteiger partial charge < -0.3 is 64.5 Å². The van der Waals surface area contributed by atoms with Gasteiger partial charge in [0.15, 0.2) is 18.9 Å². The molecule has 0 aliphatic carbocycles. The van der Waals surface area contributed by atoms with E-state index in [2.05, 4.69) is 0 Å². The largest absolute Gasteiger partial charge is 0.394 e. The Bertz CT molecular complexity index is 565. The fourth-order valence-electron chi connectivity index (χ4n) is 3.89. The van der Waals surface area contributed by atoms with Crippen LogP contribution < -0.4 is 0 Å². The molecule has 13 atom stereocenters. The van der Waals surface area contributed by atoms with Crippen molar-refractivity contribution in [2.24, 2.45) is 0 Å². The van der Waals surface area contributed by atoms with Gasteiger partial charge in [0.05, 0.1) is 37.6 Å². The van der Waals surface area contributed by atoms with Gasteiger partial charge in [-0.2, -0.15) is 0 Å². The summed E-state index contributed by atoms with van der Waals surface area (Å²) in [5.41, 5.74) is 0. The number of hydrogen-bond acceptors (Lipinski definition) is 13. The van der Waals surface area contributed by atoms with E-state index in [1.54, 1.807) is 6.92 Å². The summed E-state index contributed by atoms with van der Waals surface area (Å²) >= 11 is 0. The van der Waals surface area contributed by atoms with E-state index in [0.717, 1.165) is 0 Å². The quantitative estimate of drug-likeness (QED) is 0.190. The lowest BCUT2D eigenvalue weighted by molar-refractivity contribution is -0.369. The molecule has 0 aromatic carbocycles. The molecule has 0 aromatic heterocycles. The van der Waals surface area contributed by atoms with Crippen molar-refractivity contribution in [1.82, 2.24) is 0 Å². The molecule has 0 spiro atoms. The van der Waals surface area contributed by atoms with Gasteiger partial charge in [-0.15, -0.1) is 0 Å². The van der Waals surface area contributed by atoms with Crippen LogP contribution in [0.3, 0.4) is 0 Å². The molecule has 3 aliphatic heterocycles. The van der Waals surface area contributed by atoms with Crippen molar-refractivity contribution in [3.63, 3.8) is 0 Å². The smallest absolute Gasteiger partial charge is 0.187 e. The lowest BCUT2D eigenvalue weighted by Crippen LogP contribution is -2.62. The number of rotatable bonds is 6. The first-order valence-corrected chi connectivity index (χ1v) is 10.2. The Morgan fingerprint density at radius 1 is 0.742 bits per heavy atom. The van der Waals surface area contributed by atoms with Crippen LogP contribution in [0.15, 0.2) is 0 Å². The molecule has 0 radical (unpaired) electrons. The third kappa shape index (κ3) is 5.52. The molecule has 3 aliphatic rings. The van der Waals surface area contributed by atoms with Crippen LogP contribution in [0.1, 0.15) is 19.8 Å². The van der Waals surface area contributed by atoms with Crippen LogP contribution in [-0.2, 0) is 23.7 Å². The van der Waals surface area contributed by atoms with Gasteiger partial charge >= 0.3 is 0 Å². The molecule has 31 heavy (non-hydrogen) atoms. The highest BCUT2D eigenvalue weighted by molar-refractivity contribution is 4.91. The number of hydrogen-bond donors (Lipinski definition) is 8. The highest BCUT2D eigenvalue weighted by Crippen LogP contribution is 2.32. The third-order valence-electron chi connectivity index (χ3n) is 5.81. The van der Waals surface area contributed by atoms with E-state index >= 15 is 0 Å². The van der Waals surface area contributed by atoms with Crippen molar-refractivity contribution in [3.05, 3.63) is 0 Å². The minimum Gasteiger partial charge on any atom is -0.394 e. The zero-order chi connectivity index (χ0) is 22.9. The standard InChI is InChI=1S/C18H32O13/c1-6-8(21)3-9(22)17(27-6)29-10-2-7(4-19)28-16(26)15(10)31-18-14(25)13(24)12(23)11(5-20)30-18/h6-26H,2-5H2,1H3/t6-,7+,8-,9-,10+,11-,12+,13+,14-,15+,16+,17-,18+/m1/s1. The lowest BCUT2D eigenvalue weighted by Gasteiger charge is -2.46. The topological polar surface area (TPSA) is 208 Å². The third-order valence-corrected chi connectivity index (χ3v) is 5.81. The minimum absolute atomic E-state index is 0.000724. The van der Waals surface area contributed by atoms with E-state index in [-0.39, 0.29) is 12.8 Å². The summed E-state index contributed by atoms with van der Waals surface area (Å²) < 4.78 is 27.5. The van der Waals surface area contributed by atoms with Gasteiger partial charge in [0, 0.05) is 12.8 Å². The van der Waals surface area contributed by atoms with E-state index in [1.807, 2.05) is 0 Å². The molecule has 8 N–H and O–H groups in total. The molecule has 0 saturated carbocycles. The molecule has 13 nitrogen and oxygen atoms in total. The fourth-order valence-corrected chi connectivity index (χ4v) is 3.89. The van der Waals surface area contributed by atoms with Gasteiger partial charge in [0.2, 0.25) is 0 Å². The highest BCUT2D eigenvalue weighted by atomic mass is 16.8. The van der Waals surface area contributed by atoms with Crippen LogP contribution in [0.2, 0.25) is 0 Å². The summed E-state index contributed by atoms with van der Waals surface area (Å²) in [6.45, 7) is 0.500. The van der Waals surface area contributed by atoms with Gasteiger partial charge in [-0.3, -0.25) is 0 Å². The average Bonchev–Trinajstić information content (AvgIpc) is 2.73. The van der Waals surface area contributed by atoms with Crippen LogP contribution in [0.4, 0.5) is 0 Å². The monoisotopic (exact) mass is 456 g/mol. The molecule has 13 heteroatoms. The van der Waals surface area contributed by atoms with Crippen molar-refractivity contribution in [3.8, 4) is 0 Å². The summed E-state index contributed by atoms with van der Waals surface area (Å²) in [6.07, 6.45) is -16.4. The molecular formula is C18H32O13. The van der Waals surface area contributed by atoms with Gasteiger partial charge in [0.25, 0.3) is 0 Å². The second-order valence-corrected chi connectivity index (χ2v) is 8.12. The molecule has 0 bridgehead atoms. The molecule has 182 valence electrons. The Morgan fingerprint density at radius 3 is 2.10 bits per heavy atom. The summed E-state index contributed by atoms with van der Waals surface area (Å²) in [7, 11) is 0. The van der Waals surface area contributed by atoms with Crippen LogP contribution >= 0.6 is 0 Å². The van der Waals surface area contributed by atoms with Crippen molar-refractivity contribution < 1.29 is 64.5 Å². The van der Waals surface area contributed by atoms with Crippen LogP contribution in [0, 0.1) is 0 Å². The van der Waals surface area contributed by atoms with E-state index in [9.17, 15) is 40.9 Å². The molecule has 3 fully saturated rings. The molecule has 3 heterocycles. The Balaban J connectivity index is 1.74. The summed E-state index contributed by atoms with van der Waals surface area (Å²) in [6, 6.07) is 0. The molecule has 3 rings (SSSR count).